The zero-order valence-corrected chi connectivity index (χ0v) is 10.7. The highest BCUT2D eigenvalue weighted by Gasteiger charge is 2.07. The van der Waals surface area contributed by atoms with Gasteiger partial charge >= 0.3 is 0 Å². The summed E-state index contributed by atoms with van der Waals surface area (Å²) in [6.45, 7) is -0.0470. The summed E-state index contributed by atoms with van der Waals surface area (Å²) >= 11 is 1.43. The summed E-state index contributed by atoms with van der Waals surface area (Å²) in [7, 11) is 0. The zero-order chi connectivity index (χ0) is 13.2. The van der Waals surface area contributed by atoms with Crippen LogP contribution in [0.2, 0.25) is 0 Å². The van der Waals surface area contributed by atoms with Crippen LogP contribution in [0.3, 0.4) is 0 Å². The zero-order valence-electron chi connectivity index (χ0n) is 9.91. The number of rotatable bonds is 2. The SMILES string of the molecule is O=c1nc(-c2ccc(CO)cn2)sc2ccccc12. The van der Waals surface area contributed by atoms with E-state index in [1.165, 1.54) is 11.3 Å². The molecule has 0 saturated heterocycles. The fraction of sp³-hybridized carbons (Fsp3) is 0.0714. The number of nitrogens with zero attached hydrogens (tertiary/aromatic N) is 2. The van der Waals surface area contributed by atoms with E-state index in [9.17, 15) is 4.79 Å². The van der Waals surface area contributed by atoms with Gasteiger partial charge in [0.25, 0.3) is 5.56 Å². The molecule has 0 aliphatic rings. The van der Waals surface area contributed by atoms with E-state index in [1.54, 1.807) is 24.4 Å². The van der Waals surface area contributed by atoms with Crippen molar-refractivity contribution in [3.05, 3.63) is 58.5 Å². The number of aliphatic hydroxyl groups is 1. The molecule has 0 saturated carbocycles. The van der Waals surface area contributed by atoms with Gasteiger partial charge in [0.2, 0.25) is 0 Å². The molecule has 1 aromatic carbocycles. The van der Waals surface area contributed by atoms with E-state index < -0.39 is 0 Å². The maximum absolute atomic E-state index is 11.9. The molecule has 3 aromatic rings. The third-order valence-electron chi connectivity index (χ3n) is 2.75. The summed E-state index contributed by atoms with van der Waals surface area (Å²) in [5.74, 6) is 0. The Morgan fingerprint density at radius 2 is 2.00 bits per heavy atom. The van der Waals surface area contributed by atoms with Gasteiger partial charge < -0.3 is 5.11 Å². The van der Waals surface area contributed by atoms with Crippen molar-refractivity contribution >= 4 is 21.4 Å². The van der Waals surface area contributed by atoms with Crippen molar-refractivity contribution in [1.82, 2.24) is 9.97 Å². The Morgan fingerprint density at radius 1 is 1.16 bits per heavy atom. The standard InChI is InChI=1S/C14H10N2O2S/c17-8-9-5-6-11(15-7-9)14-16-13(18)10-3-1-2-4-12(10)19-14/h1-7,17H,8H2. The van der Waals surface area contributed by atoms with E-state index in [4.69, 9.17) is 5.11 Å². The van der Waals surface area contributed by atoms with Gasteiger partial charge in [0.1, 0.15) is 5.01 Å². The molecular formula is C14H10N2O2S. The predicted octanol–water partition coefficient (Wildman–Crippen LogP) is 2.21. The van der Waals surface area contributed by atoms with Crippen LogP contribution in [0, 0.1) is 0 Å². The molecule has 5 heteroatoms. The van der Waals surface area contributed by atoms with E-state index in [-0.39, 0.29) is 12.2 Å². The first kappa shape index (κ1) is 12.0. The molecule has 2 heterocycles. The molecule has 19 heavy (non-hydrogen) atoms. The predicted molar refractivity (Wildman–Crippen MR) is 75.0 cm³/mol. The quantitative estimate of drug-likeness (QED) is 0.775. The van der Waals surface area contributed by atoms with Gasteiger partial charge in [-0.1, -0.05) is 18.2 Å². The van der Waals surface area contributed by atoms with Gasteiger partial charge in [-0.3, -0.25) is 9.78 Å². The summed E-state index contributed by atoms with van der Waals surface area (Å²) in [5, 5.41) is 10.2. The third-order valence-corrected chi connectivity index (χ3v) is 3.82. The number of aliphatic hydroxyl groups excluding tert-OH is 1. The molecule has 0 unspecified atom stereocenters. The van der Waals surface area contributed by atoms with E-state index >= 15 is 0 Å². The Balaban J connectivity index is 2.16. The van der Waals surface area contributed by atoms with Gasteiger partial charge in [-0.25, -0.2) is 0 Å². The highest BCUT2D eigenvalue weighted by atomic mass is 32.1. The summed E-state index contributed by atoms with van der Waals surface area (Å²) < 4.78 is 0.894. The van der Waals surface area contributed by atoms with Crippen LogP contribution in [0.25, 0.3) is 20.8 Å². The average Bonchev–Trinajstić information content (AvgIpc) is 2.47. The summed E-state index contributed by atoms with van der Waals surface area (Å²) in [5.41, 5.74) is 1.14. The van der Waals surface area contributed by atoms with Crippen molar-refractivity contribution in [3.63, 3.8) is 0 Å². The number of hydrogen-bond donors (Lipinski definition) is 1. The summed E-state index contributed by atoms with van der Waals surface area (Å²) in [6.07, 6.45) is 1.59. The van der Waals surface area contributed by atoms with Crippen molar-refractivity contribution in [3.8, 4) is 10.7 Å². The Bertz CT molecular complexity index is 781. The number of hydrogen-bond acceptors (Lipinski definition) is 5. The molecule has 2 aromatic heterocycles. The van der Waals surface area contributed by atoms with Crippen LogP contribution in [0.15, 0.2) is 47.4 Å². The van der Waals surface area contributed by atoms with Gasteiger partial charge in [-0.05, 0) is 23.8 Å². The van der Waals surface area contributed by atoms with Crippen molar-refractivity contribution < 1.29 is 5.11 Å². The molecule has 0 bridgehead atoms. The Kier molecular flexibility index (Phi) is 3.06. The molecule has 0 aliphatic carbocycles. The highest BCUT2D eigenvalue weighted by Crippen LogP contribution is 2.24. The Morgan fingerprint density at radius 3 is 2.74 bits per heavy atom. The topological polar surface area (TPSA) is 63.1 Å². The molecule has 4 nitrogen and oxygen atoms in total. The van der Waals surface area contributed by atoms with Gasteiger partial charge in [-0.2, -0.15) is 4.98 Å². The lowest BCUT2D eigenvalue weighted by molar-refractivity contribution is 0.281. The molecule has 0 radical (unpaired) electrons. The number of fused-ring (bicyclic) bond motifs is 1. The summed E-state index contributed by atoms with van der Waals surface area (Å²) in [6, 6.07) is 10.9. The van der Waals surface area contributed by atoms with Crippen molar-refractivity contribution in [2.75, 3.05) is 0 Å². The lowest BCUT2D eigenvalue weighted by Crippen LogP contribution is -2.06. The van der Waals surface area contributed by atoms with Crippen LogP contribution in [-0.2, 0) is 6.61 Å². The minimum Gasteiger partial charge on any atom is -0.392 e. The first-order valence-corrected chi connectivity index (χ1v) is 6.55. The van der Waals surface area contributed by atoms with Crippen LogP contribution >= 0.6 is 11.3 Å². The molecule has 94 valence electrons. The summed E-state index contributed by atoms with van der Waals surface area (Å²) in [4.78, 5) is 20.2. The third kappa shape index (κ3) is 2.25. The molecule has 0 amide bonds. The van der Waals surface area contributed by atoms with E-state index in [1.807, 2.05) is 18.2 Å². The fourth-order valence-corrected chi connectivity index (χ4v) is 2.74. The van der Waals surface area contributed by atoms with Gasteiger partial charge in [0.05, 0.1) is 17.7 Å². The molecule has 0 atom stereocenters. The number of pyridine rings is 1. The van der Waals surface area contributed by atoms with Crippen LogP contribution < -0.4 is 5.56 Å². The first-order chi connectivity index (χ1) is 9.28. The molecule has 0 fully saturated rings. The van der Waals surface area contributed by atoms with Crippen molar-refractivity contribution in [1.29, 1.82) is 0 Å². The maximum Gasteiger partial charge on any atom is 0.279 e. The molecule has 1 N–H and O–H groups in total. The molecule has 3 rings (SSSR count). The minimum atomic E-state index is -0.239. The van der Waals surface area contributed by atoms with E-state index in [2.05, 4.69) is 9.97 Å². The fourth-order valence-electron chi connectivity index (χ4n) is 1.77. The van der Waals surface area contributed by atoms with Crippen LogP contribution in [0.5, 0.6) is 0 Å². The maximum atomic E-state index is 11.9. The van der Waals surface area contributed by atoms with Crippen molar-refractivity contribution in [2.24, 2.45) is 0 Å². The number of aromatic nitrogens is 2. The lowest BCUT2D eigenvalue weighted by Gasteiger charge is -2.01. The smallest absolute Gasteiger partial charge is 0.279 e. The van der Waals surface area contributed by atoms with E-state index in [0.29, 0.717) is 16.1 Å². The largest absolute Gasteiger partial charge is 0.392 e. The van der Waals surface area contributed by atoms with E-state index in [0.717, 1.165) is 10.3 Å². The van der Waals surface area contributed by atoms with Crippen LogP contribution in [0.1, 0.15) is 5.56 Å². The normalized spacial score (nSPS) is 10.8. The highest BCUT2D eigenvalue weighted by molar-refractivity contribution is 7.21. The first-order valence-electron chi connectivity index (χ1n) is 5.74. The Labute approximate surface area is 113 Å². The molecule has 0 spiro atoms. The average molecular weight is 270 g/mol. The second kappa shape index (κ2) is 4.87. The van der Waals surface area contributed by atoms with Crippen LogP contribution in [-0.4, -0.2) is 15.1 Å². The monoisotopic (exact) mass is 270 g/mol. The van der Waals surface area contributed by atoms with Gasteiger partial charge in [0.15, 0.2) is 0 Å². The number of benzene rings is 1. The van der Waals surface area contributed by atoms with Gasteiger partial charge in [0, 0.05) is 10.9 Å². The second-order valence-corrected chi connectivity index (χ2v) is 5.06. The lowest BCUT2D eigenvalue weighted by atomic mass is 10.2. The van der Waals surface area contributed by atoms with Gasteiger partial charge in [-0.15, -0.1) is 11.3 Å². The molecular weight excluding hydrogens is 260 g/mol. The second-order valence-electron chi connectivity index (χ2n) is 4.03. The minimum absolute atomic E-state index is 0.0470. The van der Waals surface area contributed by atoms with Crippen LogP contribution in [0.4, 0.5) is 0 Å². The Hall–Kier alpha value is -2.11. The molecule has 0 aliphatic heterocycles. The van der Waals surface area contributed by atoms with Crippen molar-refractivity contribution in [2.45, 2.75) is 6.61 Å².